The lowest BCUT2D eigenvalue weighted by Gasteiger charge is -2.15. The molecule has 0 spiro atoms. The Morgan fingerprint density at radius 3 is 2.62 bits per heavy atom. The maximum Gasteiger partial charge on any atom is 0.273 e. The molecule has 1 aromatic carbocycles. The van der Waals surface area contributed by atoms with E-state index in [-0.39, 0.29) is 15.6 Å². The molecule has 3 rings (SSSR count). The standard InChI is InChI=1S/C17H13Cl2N3OS/c1-2-10-9-11-5-4-8-20-15(11)22(17(10)24)21-16(23)14-12(18)6-3-7-13(14)19/h3-9H,2H2,1H3,(H,21,23). The summed E-state index contributed by atoms with van der Waals surface area (Å²) in [6.07, 6.45) is 2.39. The summed E-state index contributed by atoms with van der Waals surface area (Å²) in [6.45, 7) is 2.00. The van der Waals surface area contributed by atoms with Crippen LogP contribution in [0.2, 0.25) is 10.0 Å². The van der Waals surface area contributed by atoms with E-state index >= 15 is 0 Å². The van der Waals surface area contributed by atoms with Crippen LogP contribution in [0.5, 0.6) is 0 Å². The number of aryl methyl sites for hydroxylation is 1. The number of amides is 1. The first kappa shape index (κ1) is 16.9. The molecule has 7 heteroatoms. The fourth-order valence-corrected chi connectivity index (χ4v) is 3.33. The highest BCUT2D eigenvalue weighted by molar-refractivity contribution is 7.71. The largest absolute Gasteiger partial charge is 0.273 e. The predicted molar refractivity (Wildman–Crippen MR) is 100 cm³/mol. The monoisotopic (exact) mass is 377 g/mol. The number of pyridine rings is 2. The number of carbonyl (C=O) groups is 1. The third-order valence-electron chi connectivity index (χ3n) is 3.62. The molecule has 0 saturated heterocycles. The molecular weight excluding hydrogens is 365 g/mol. The van der Waals surface area contributed by atoms with Crippen molar-refractivity contribution in [3.8, 4) is 0 Å². The Bertz CT molecular complexity index is 981. The van der Waals surface area contributed by atoms with E-state index in [9.17, 15) is 4.79 Å². The summed E-state index contributed by atoms with van der Waals surface area (Å²) in [4.78, 5) is 17.0. The average molecular weight is 378 g/mol. The van der Waals surface area contributed by atoms with Crippen LogP contribution in [0.1, 0.15) is 22.8 Å². The summed E-state index contributed by atoms with van der Waals surface area (Å²) in [5, 5.41) is 1.43. The summed E-state index contributed by atoms with van der Waals surface area (Å²) in [5.41, 5.74) is 4.48. The van der Waals surface area contributed by atoms with Crippen LogP contribution in [-0.4, -0.2) is 15.6 Å². The molecule has 0 fully saturated rings. The van der Waals surface area contributed by atoms with Gasteiger partial charge in [-0.05, 0) is 42.3 Å². The van der Waals surface area contributed by atoms with Gasteiger partial charge < -0.3 is 0 Å². The van der Waals surface area contributed by atoms with Crippen molar-refractivity contribution in [2.45, 2.75) is 13.3 Å². The number of aromatic nitrogens is 2. The number of fused-ring (bicyclic) bond motifs is 1. The molecule has 0 saturated carbocycles. The van der Waals surface area contributed by atoms with Gasteiger partial charge in [0.15, 0.2) is 5.65 Å². The van der Waals surface area contributed by atoms with Gasteiger partial charge in [0.25, 0.3) is 5.91 Å². The first-order valence-electron chi connectivity index (χ1n) is 7.28. The summed E-state index contributed by atoms with van der Waals surface area (Å²) in [6, 6.07) is 10.6. The zero-order chi connectivity index (χ0) is 17.3. The van der Waals surface area contributed by atoms with Crippen molar-refractivity contribution in [3.05, 3.63) is 68.4 Å². The molecule has 122 valence electrons. The molecule has 0 unspecified atom stereocenters. The predicted octanol–water partition coefficient (Wildman–Crippen LogP) is 5.02. The minimum absolute atomic E-state index is 0.203. The number of carbonyl (C=O) groups excluding carboxylic acids is 1. The van der Waals surface area contributed by atoms with Gasteiger partial charge in [0, 0.05) is 11.6 Å². The quantitative estimate of drug-likeness (QED) is 0.651. The molecule has 0 radical (unpaired) electrons. The van der Waals surface area contributed by atoms with E-state index in [1.165, 1.54) is 4.68 Å². The summed E-state index contributed by atoms with van der Waals surface area (Å²) < 4.78 is 2.01. The second kappa shape index (κ2) is 6.89. The molecule has 1 N–H and O–H groups in total. The van der Waals surface area contributed by atoms with Crippen molar-refractivity contribution in [3.63, 3.8) is 0 Å². The lowest BCUT2D eigenvalue weighted by Crippen LogP contribution is -2.25. The number of nitrogens with one attached hydrogen (secondary N) is 1. The third-order valence-corrected chi connectivity index (χ3v) is 4.69. The van der Waals surface area contributed by atoms with Crippen molar-refractivity contribution < 1.29 is 4.79 Å². The number of benzene rings is 1. The van der Waals surface area contributed by atoms with Gasteiger partial charge in [-0.1, -0.05) is 48.4 Å². The maximum absolute atomic E-state index is 12.7. The Balaban J connectivity index is 2.15. The molecule has 2 heterocycles. The van der Waals surface area contributed by atoms with Gasteiger partial charge in [-0.2, -0.15) is 0 Å². The SMILES string of the molecule is CCc1cc2cccnc2n(NC(=O)c2c(Cl)cccc2Cl)c1=S. The van der Waals surface area contributed by atoms with E-state index in [0.29, 0.717) is 10.3 Å². The van der Waals surface area contributed by atoms with Gasteiger partial charge in [0.1, 0.15) is 4.64 Å². The highest BCUT2D eigenvalue weighted by Gasteiger charge is 2.16. The Labute approximate surface area is 154 Å². The fourth-order valence-electron chi connectivity index (χ4n) is 2.43. The minimum atomic E-state index is -0.443. The maximum atomic E-state index is 12.7. The van der Waals surface area contributed by atoms with E-state index in [0.717, 1.165) is 17.4 Å². The second-order valence-electron chi connectivity index (χ2n) is 5.12. The molecule has 1 amide bonds. The molecule has 4 nitrogen and oxygen atoms in total. The van der Waals surface area contributed by atoms with Crippen LogP contribution in [0.25, 0.3) is 11.0 Å². The van der Waals surface area contributed by atoms with Gasteiger partial charge in [-0.25, -0.2) is 9.66 Å². The van der Waals surface area contributed by atoms with Crippen LogP contribution in [0.15, 0.2) is 42.6 Å². The molecule has 0 atom stereocenters. The zero-order valence-corrected chi connectivity index (χ0v) is 15.0. The minimum Gasteiger partial charge on any atom is -0.267 e. The third kappa shape index (κ3) is 3.02. The Morgan fingerprint density at radius 1 is 1.25 bits per heavy atom. The van der Waals surface area contributed by atoms with Crippen molar-refractivity contribution in [1.82, 2.24) is 9.66 Å². The average Bonchev–Trinajstić information content (AvgIpc) is 2.57. The smallest absolute Gasteiger partial charge is 0.267 e. The lowest BCUT2D eigenvalue weighted by atomic mass is 10.2. The molecule has 24 heavy (non-hydrogen) atoms. The Kier molecular flexibility index (Phi) is 4.85. The van der Waals surface area contributed by atoms with Crippen LogP contribution in [0.3, 0.4) is 0 Å². The van der Waals surface area contributed by atoms with Gasteiger partial charge in [-0.3, -0.25) is 10.2 Å². The van der Waals surface area contributed by atoms with E-state index < -0.39 is 5.91 Å². The molecule has 0 bridgehead atoms. The van der Waals surface area contributed by atoms with E-state index in [2.05, 4.69) is 10.4 Å². The molecule has 0 aliphatic rings. The first-order valence-corrected chi connectivity index (χ1v) is 8.44. The van der Waals surface area contributed by atoms with Gasteiger partial charge in [0.2, 0.25) is 0 Å². The van der Waals surface area contributed by atoms with Crippen molar-refractivity contribution >= 4 is 52.4 Å². The van der Waals surface area contributed by atoms with Crippen LogP contribution in [0, 0.1) is 4.64 Å². The normalized spacial score (nSPS) is 10.8. The molecule has 0 aliphatic carbocycles. The Hall–Kier alpha value is -1.95. The van der Waals surface area contributed by atoms with E-state index in [1.807, 2.05) is 25.1 Å². The van der Waals surface area contributed by atoms with Gasteiger partial charge >= 0.3 is 0 Å². The highest BCUT2D eigenvalue weighted by Crippen LogP contribution is 2.25. The van der Waals surface area contributed by atoms with Crippen molar-refractivity contribution in [1.29, 1.82) is 0 Å². The Morgan fingerprint density at radius 2 is 1.96 bits per heavy atom. The highest BCUT2D eigenvalue weighted by atomic mass is 35.5. The molecule has 2 aromatic heterocycles. The summed E-state index contributed by atoms with van der Waals surface area (Å²) in [7, 11) is 0. The first-order chi connectivity index (χ1) is 11.5. The van der Waals surface area contributed by atoms with E-state index in [1.54, 1.807) is 24.4 Å². The van der Waals surface area contributed by atoms with Crippen LogP contribution < -0.4 is 5.43 Å². The number of rotatable bonds is 3. The van der Waals surface area contributed by atoms with Gasteiger partial charge in [-0.15, -0.1) is 0 Å². The lowest BCUT2D eigenvalue weighted by molar-refractivity contribution is 0.101. The number of hydrogen-bond donors (Lipinski definition) is 1. The number of halogens is 2. The summed E-state index contributed by atoms with van der Waals surface area (Å²) >= 11 is 17.7. The van der Waals surface area contributed by atoms with Crippen molar-refractivity contribution in [2.24, 2.45) is 0 Å². The van der Waals surface area contributed by atoms with E-state index in [4.69, 9.17) is 35.4 Å². The van der Waals surface area contributed by atoms with Crippen LogP contribution in [-0.2, 0) is 6.42 Å². The van der Waals surface area contributed by atoms with Crippen molar-refractivity contribution in [2.75, 3.05) is 5.43 Å². The molecule has 3 aromatic rings. The topological polar surface area (TPSA) is 46.9 Å². The fraction of sp³-hybridized carbons (Fsp3) is 0.118. The van der Waals surface area contributed by atoms with Gasteiger partial charge in [0.05, 0.1) is 15.6 Å². The second-order valence-corrected chi connectivity index (χ2v) is 6.32. The molecule has 0 aliphatic heterocycles. The molecular formula is C17H13Cl2N3OS. The number of nitrogens with zero attached hydrogens (tertiary/aromatic N) is 2. The van der Waals surface area contributed by atoms with Crippen LogP contribution >= 0.6 is 35.4 Å². The summed E-state index contributed by atoms with van der Waals surface area (Å²) in [5.74, 6) is -0.443. The van der Waals surface area contributed by atoms with Crippen LogP contribution in [0.4, 0.5) is 0 Å². The number of hydrogen-bond acceptors (Lipinski definition) is 3. The zero-order valence-electron chi connectivity index (χ0n) is 12.7.